The molecule has 0 aliphatic rings. The quantitative estimate of drug-likeness (QED) is 0.790. The van der Waals surface area contributed by atoms with Crippen LogP contribution in [0.25, 0.3) is 0 Å². The van der Waals surface area contributed by atoms with Gasteiger partial charge in [0, 0.05) is 24.7 Å². The van der Waals surface area contributed by atoms with Gasteiger partial charge in [-0.2, -0.15) is 0 Å². The van der Waals surface area contributed by atoms with E-state index in [4.69, 9.17) is 0 Å². The van der Waals surface area contributed by atoms with E-state index in [0.717, 1.165) is 17.7 Å². The summed E-state index contributed by atoms with van der Waals surface area (Å²) in [5, 5.41) is 5.07. The van der Waals surface area contributed by atoms with Gasteiger partial charge in [0.15, 0.2) is 0 Å². The molecule has 0 aromatic heterocycles. The molecule has 8 heteroatoms. The first kappa shape index (κ1) is 19.3. The van der Waals surface area contributed by atoms with Gasteiger partial charge in [-0.25, -0.2) is 0 Å². The van der Waals surface area contributed by atoms with E-state index in [0.29, 0.717) is 0 Å². The van der Waals surface area contributed by atoms with Crippen molar-refractivity contribution in [1.29, 1.82) is 0 Å². The summed E-state index contributed by atoms with van der Waals surface area (Å²) in [6.07, 6.45) is -4.60. The van der Waals surface area contributed by atoms with E-state index in [1.807, 2.05) is 30.3 Å². The predicted octanol–water partition coefficient (Wildman–Crippen LogP) is 3.27. The topological polar surface area (TPSA) is 67.4 Å². The largest absolute Gasteiger partial charge is 0.573 e. The van der Waals surface area contributed by atoms with Crippen LogP contribution >= 0.6 is 0 Å². The molecule has 2 aromatic carbocycles. The number of rotatable bonds is 7. The molecule has 5 nitrogen and oxygen atoms in total. The highest BCUT2D eigenvalue weighted by molar-refractivity contribution is 5.91. The van der Waals surface area contributed by atoms with Crippen LogP contribution in [-0.2, 0) is 16.0 Å². The number of anilines is 1. The molecule has 0 atom stereocenters. The number of halogens is 3. The van der Waals surface area contributed by atoms with Crippen LogP contribution in [0.3, 0.4) is 0 Å². The van der Waals surface area contributed by atoms with Crippen molar-refractivity contribution in [2.45, 2.75) is 19.2 Å². The number of carbonyl (C=O) groups excluding carboxylic acids is 2. The SMILES string of the molecule is O=C(Cc1ccccc1)NCCC(=O)Nc1cccc(OC(F)(F)F)c1. The number of benzene rings is 2. The monoisotopic (exact) mass is 366 g/mol. The lowest BCUT2D eigenvalue weighted by molar-refractivity contribution is -0.274. The second kappa shape index (κ2) is 8.89. The third kappa shape index (κ3) is 7.25. The van der Waals surface area contributed by atoms with Gasteiger partial charge in [0.05, 0.1) is 6.42 Å². The van der Waals surface area contributed by atoms with E-state index in [1.54, 1.807) is 0 Å². The first-order valence-corrected chi connectivity index (χ1v) is 7.78. The summed E-state index contributed by atoms with van der Waals surface area (Å²) in [4.78, 5) is 23.6. The van der Waals surface area contributed by atoms with E-state index in [9.17, 15) is 22.8 Å². The van der Waals surface area contributed by atoms with Crippen LogP contribution in [0.15, 0.2) is 54.6 Å². The van der Waals surface area contributed by atoms with Crippen molar-refractivity contribution in [2.75, 3.05) is 11.9 Å². The minimum Gasteiger partial charge on any atom is -0.406 e. The number of nitrogens with one attached hydrogen (secondary N) is 2. The summed E-state index contributed by atoms with van der Waals surface area (Å²) in [5.41, 5.74) is 1.03. The Hall–Kier alpha value is -3.03. The molecule has 2 amide bonds. The molecule has 0 aliphatic heterocycles. The molecule has 2 rings (SSSR count). The molecule has 0 radical (unpaired) electrons. The van der Waals surface area contributed by atoms with E-state index in [1.165, 1.54) is 12.1 Å². The van der Waals surface area contributed by atoms with Crippen molar-refractivity contribution >= 4 is 17.5 Å². The highest BCUT2D eigenvalue weighted by Gasteiger charge is 2.31. The molecule has 0 heterocycles. The molecule has 0 spiro atoms. The summed E-state index contributed by atoms with van der Waals surface area (Å²) in [6, 6.07) is 14.1. The number of carbonyl (C=O) groups is 2. The van der Waals surface area contributed by atoms with Crippen LogP contribution in [0.2, 0.25) is 0 Å². The Balaban J connectivity index is 1.75. The molecular weight excluding hydrogens is 349 g/mol. The molecule has 2 aromatic rings. The van der Waals surface area contributed by atoms with Gasteiger partial charge in [0.25, 0.3) is 0 Å². The normalized spacial score (nSPS) is 10.9. The van der Waals surface area contributed by atoms with Crippen LogP contribution in [0.4, 0.5) is 18.9 Å². The van der Waals surface area contributed by atoms with Gasteiger partial charge in [-0.05, 0) is 17.7 Å². The van der Waals surface area contributed by atoms with Gasteiger partial charge < -0.3 is 15.4 Å². The summed E-state index contributed by atoms with van der Waals surface area (Å²) in [6.45, 7) is 0.121. The molecule has 2 N–H and O–H groups in total. The van der Waals surface area contributed by atoms with Crippen molar-refractivity contribution in [1.82, 2.24) is 5.32 Å². The van der Waals surface area contributed by atoms with Crippen molar-refractivity contribution in [3.05, 3.63) is 60.2 Å². The standard InChI is InChI=1S/C18H17F3N2O3/c19-18(20,21)26-15-8-4-7-14(12-15)23-16(24)9-10-22-17(25)11-13-5-2-1-3-6-13/h1-8,12H,9-11H2,(H,22,25)(H,23,24). The molecule has 138 valence electrons. The zero-order chi connectivity index (χ0) is 19.0. The number of alkyl halides is 3. The van der Waals surface area contributed by atoms with Crippen molar-refractivity contribution in [2.24, 2.45) is 0 Å². The number of hydrogen-bond donors (Lipinski definition) is 2. The summed E-state index contributed by atoms with van der Waals surface area (Å²) >= 11 is 0. The Kier molecular flexibility index (Phi) is 6.60. The maximum absolute atomic E-state index is 12.2. The average molecular weight is 366 g/mol. The summed E-state index contributed by atoms with van der Waals surface area (Å²) in [5.74, 6) is -1.08. The fourth-order valence-corrected chi connectivity index (χ4v) is 2.15. The Morgan fingerprint density at radius 3 is 2.38 bits per heavy atom. The average Bonchev–Trinajstić information content (AvgIpc) is 2.54. The molecule has 0 aliphatic carbocycles. The van der Waals surface area contributed by atoms with Gasteiger partial charge in [-0.1, -0.05) is 36.4 Å². The van der Waals surface area contributed by atoms with E-state index in [-0.39, 0.29) is 31.0 Å². The lowest BCUT2D eigenvalue weighted by Gasteiger charge is -2.11. The maximum Gasteiger partial charge on any atom is 0.573 e. The second-order valence-electron chi connectivity index (χ2n) is 5.39. The molecule has 0 saturated heterocycles. The molecule has 0 unspecified atom stereocenters. The summed E-state index contributed by atoms with van der Waals surface area (Å²) in [7, 11) is 0. The Morgan fingerprint density at radius 2 is 1.69 bits per heavy atom. The number of ether oxygens (including phenoxy) is 1. The highest BCUT2D eigenvalue weighted by Crippen LogP contribution is 2.25. The van der Waals surface area contributed by atoms with Crippen molar-refractivity contribution < 1.29 is 27.5 Å². The van der Waals surface area contributed by atoms with Crippen LogP contribution in [0, 0.1) is 0 Å². The smallest absolute Gasteiger partial charge is 0.406 e. The van der Waals surface area contributed by atoms with Crippen molar-refractivity contribution in [3.8, 4) is 5.75 Å². The highest BCUT2D eigenvalue weighted by atomic mass is 19.4. The van der Waals surface area contributed by atoms with E-state index >= 15 is 0 Å². The zero-order valence-corrected chi connectivity index (χ0v) is 13.7. The Morgan fingerprint density at radius 1 is 0.962 bits per heavy atom. The van der Waals surface area contributed by atoms with E-state index in [2.05, 4.69) is 15.4 Å². The molecule has 0 saturated carbocycles. The van der Waals surface area contributed by atoms with Gasteiger partial charge in [0.2, 0.25) is 11.8 Å². The predicted molar refractivity (Wildman–Crippen MR) is 89.5 cm³/mol. The zero-order valence-electron chi connectivity index (χ0n) is 13.7. The molecule has 0 fully saturated rings. The fraction of sp³-hybridized carbons (Fsp3) is 0.222. The van der Waals surface area contributed by atoms with Gasteiger partial charge in [0.1, 0.15) is 5.75 Å². The lowest BCUT2D eigenvalue weighted by atomic mass is 10.1. The van der Waals surface area contributed by atoms with Crippen molar-refractivity contribution in [3.63, 3.8) is 0 Å². The fourth-order valence-electron chi connectivity index (χ4n) is 2.15. The van der Waals surface area contributed by atoms with Gasteiger partial charge in [-0.15, -0.1) is 13.2 Å². The second-order valence-corrected chi connectivity index (χ2v) is 5.39. The summed E-state index contributed by atoms with van der Waals surface area (Å²) < 4.78 is 40.3. The number of hydrogen-bond acceptors (Lipinski definition) is 3. The van der Waals surface area contributed by atoms with Crippen LogP contribution in [-0.4, -0.2) is 24.7 Å². The van der Waals surface area contributed by atoms with Crippen LogP contribution in [0.5, 0.6) is 5.75 Å². The first-order valence-electron chi connectivity index (χ1n) is 7.78. The Labute approximate surface area is 148 Å². The molecule has 0 bridgehead atoms. The van der Waals surface area contributed by atoms with Crippen LogP contribution < -0.4 is 15.4 Å². The maximum atomic E-state index is 12.2. The molecular formula is C18H17F3N2O3. The third-order valence-electron chi connectivity index (χ3n) is 3.23. The minimum atomic E-state index is -4.80. The third-order valence-corrected chi connectivity index (χ3v) is 3.23. The van der Waals surface area contributed by atoms with Gasteiger partial charge in [-0.3, -0.25) is 9.59 Å². The van der Waals surface area contributed by atoms with E-state index < -0.39 is 18.0 Å². The Bertz CT molecular complexity index is 749. The number of amides is 2. The lowest BCUT2D eigenvalue weighted by Crippen LogP contribution is -2.28. The minimum absolute atomic E-state index is 0.00904. The van der Waals surface area contributed by atoms with Gasteiger partial charge >= 0.3 is 6.36 Å². The van der Waals surface area contributed by atoms with Crippen LogP contribution in [0.1, 0.15) is 12.0 Å². The first-order chi connectivity index (χ1) is 12.3. The molecule has 26 heavy (non-hydrogen) atoms.